The van der Waals surface area contributed by atoms with E-state index in [4.69, 9.17) is 4.74 Å². The lowest BCUT2D eigenvalue weighted by atomic mass is 10.1. The number of hydrogen-bond donors (Lipinski definition) is 0. The molecule has 96 valence electrons. The van der Waals surface area contributed by atoms with Gasteiger partial charge in [0.25, 0.3) is 0 Å². The standard InChI is InChI=1S/C14H17NO3/c1-4-14(17)18-10-9-15(3)13-7-5-12(6-8-13)11(2)16/h4-8H,1,9-10H2,2-3H3. The lowest BCUT2D eigenvalue weighted by molar-refractivity contribution is -0.137. The Morgan fingerprint density at radius 3 is 2.44 bits per heavy atom. The molecule has 18 heavy (non-hydrogen) atoms. The predicted octanol–water partition coefficient (Wildman–Crippen LogP) is 2.05. The number of Topliss-reactive ketones (excluding diaryl/α,β-unsaturated/α-hetero) is 1. The van der Waals surface area contributed by atoms with Crippen LogP contribution in [0.4, 0.5) is 5.69 Å². The van der Waals surface area contributed by atoms with E-state index in [9.17, 15) is 9.59 Å². The Morgan fingerprint density at radius 2 is 1.94 bits per heavy atom. The fraction of sp³-hybridized carbons (Fsp3) is 0.286. The molecule has 4 nitrogen and oxygen atoms in total. The Morgan fingerprint density at radius 1 is 1.33 bits per heavy atom. The average molecular weight is 247 g/mol. The van der Waals surface area contributed by atoms with E-state index in [2.05, 4.69) is 6.58 Å². The van der Waals surface area contributed by atoms with Crippen LogP contribution in [0.3, 0.4) is 0 Å². The number of rotatable bonds is 6. The summed E-state index contributed by atoms with van der Waals surface area (Å²) >= 11 is 0. The van der Waals surface area contributed by atoms with Crippen LogP contribution in [0.2, 0.25) is 0 Å². The Bertz CT molecular complexity index is 437. The van der Waals surface area contributed by atoms with Crippen LogP contribution in [-0.2, 0) is 9.53 Å². The first-order chi connectivity index (χ1) is 8.54. The van der Waals surface area contributed by atoms with E-state index < -0.39 is 5.97 Å². The van der Waals surface area contributed by atoms with Crippen molar-refractivity contribution < 1.29 is 14.3 Å². The predicted molar refractivity (Wildman–Crippen MR) is 70.9 cm³/mol. The Hall–Kier alpha value is -2.10. The van der Waals surface area contributed by atoms with Crippen LogP contribution in [0.1, 0.15) is 17.3 Å². The number of nitrogens with zero attached hydrogens (tertiary/aromatic N) is 1. The monoisotopic (exact) mass is 247 g/mol. The fourth-order valence-corrected chi connectivity index (χ4v) is 1.42. The van der Waals surface area contributed by atoms with Crippen molar-refractivity contribution in [1.82, 2.24) is 0 Å². The molecule has 1 aromatic rings. The Kier molecular flexibility index (Phi) is 5.11. The van der Waals surface area contributed by atoms with Crippen molar-refractivity contribution in [2.24, 2.45) is 0 Å². The number of carbonyl (C=O) groups is 2. The van der Waals surface area contributed by atoms with Crippen molar-refractivity contribution in [2.75, 3.05) is 25.1 Å². The van der Waals surface area contributed by atoms with Gasteiger partial charge in [-0.1, -0.05) is 6.58 Å². The zero-order valence-electron chi connectivity index (χ0n) is 10.7. The van der Waals surface area contributed by atoms with E-state index in [-0.39, 0.29) is 5.78 Å². The summed E-state index contributed by atoms with van der Waals surface area (Å²) in [7, 11) is 1.89. The minimum Gasteiger partial charge on any atom is -0.461 e. The first kappa shape index (κ1) is 14.0. The van der Waals surface area contributed by atoms with Crippen molar-refractivity contribution in [2.45, 2.75) is 6.92 Å². The minimum atomic E-state index is -0.421. The molecular weight excluding hydrogens is 230 g/mol. The number of ketones is 1. The van der Waals surface area contributed by atoms with Crippen molar-refractivity contribution in [3.8, 4) is 0 Å². The molecule has 0 aliphatic heterocycles. The molecule has 0 heterocycles. The SMILES string of the molecule is C=CC(=O)OCCN(C)c1ccc(C(C)=O)cc1. The second-order valence-corrected chi connectivity index (χ2v) is 3.90. The molecule has 0 spiro atoms. The maximum absolute atomic E-state index is 11.1. The maximum Gasteiger partial charge on any atom is 0.330 e. The highest BCUT2D eigenvalue weighted by Crippen LogP contribution is 2.13. The summed E-state index contributed by atoms with van der Waals surface area (Å²) in [6, 6.07) is 7.30. The lowest BCUT2D eigenvalue weighted by Gasteiger charge is -2.19. The zero-order chi connectivity index (χ0) is 13.5. The number of benzene rings is 1. The lowest BCUT2D eigenvalue weighted by Crippen LogP contribution is -2.23. The number of likely N-dealkylation sites (N-methyl/N-ethyl adjacent to an activating group) is 1. The smallest absolute Gasteiger partial charge is 0.330 e. The molecule has 4 heteroatoms. The fourth-order valence-electron chi connectivity index (χ4n) is 1.42. The molecule has 0 N–H and O–H groups in total. The number of hydrogen-bond acceptors (Lipinski definition) is 4. The van der Waals surface area contributed by atoms with Crippen molar-refractivity contribution in [3.05, 3.63) is 42.5 Å². The van der Waals surface area contributed by atoms with Gasteiger partial charge in [0, 0.05) is 24.4 Å². The van der Waals surface area contributed by atoms with E-state index >= 15 is 0 Å². The number of ether oxygens (including phenoxy) is 1. The molecule has 0 saturated carbocycles. The van der Waals surface area contributed by atoms with E-state index in [1.54, 1.807) is 12.1 Å². The second kappa shape index (κ2) is 6.59. The molecular formula is C14H17NO3. The summed E-state index contributed by atoms with van der Waals surface area (Å²) in [5.74, 6) is -0.376. The number of carbonyl (C=O) groups excluding carboxylic acids is 2. The molecule has 0 aliphatic carbocycles. The summed E-state index contributed by atoms with van der Waals surface area (Å²) < 4.78 is 4.89. The largest absolute Gasteiger partial charge is 0.461 e. The highest BCUT2D eigenvalue weighted by Gasteiger charge is 2.04. The molecule has 0 fully saturated rings. The van der Waals surface area contributed by atoms with E-state index in [1.165, 1.54) is 6.92 Å². The molecule has 0 bridgehead atoms. The van der Waals surface area contributed by atoms with Crippen molar-refractivity contribution in [3.63, 3.8) is 0 Å². The number of esters is 1. The van der Waals surface area contributed by atoms with Gasteiger partial charge in [-0.3, -0.25) is 4.79 Å². The van der Waals surface area contributed by atoms with Gasteiger partial charge in [-0.15, -0.1) is 0 Å². The topological polar surface area (TPSA) is 46.6 Å². The summed E-state index contributed by atoms with van der Waals surface area (Å²) in [6.45, 7) is 5.74. The maximum atomic E-state index is 11.1. The van der Waals surface area contributed by atoms with Gasteiger partial charge in [-0.25, -0.2) is 4.79 Å². The van der Waals surface area contributed by atoms with Crippen molar-refractivity contribution >= 4 is 17.4 Å². The average Bonchev–Trinajstić information content (AvgIpc) is 2.38. The van der Waals surface area contributed by atoms with Gasteiger partial charge in [-0.2, -0.15) is 0 Å². The first-order valence-corrected chi connectivity index (χ1v) is 5.66. The van der Waals surface area contributed by atoms with Crippen LogP contribution < -0.4 is 4.90 Å². The quantitative estimate of drug-likeness (QED) is 0.438. The summed E-state index contributed by atoms with van der Waals surface area (Å²) in [6.07, 6.45) is 1.14. The van der Waals surface area contributed by atoms with Crippen LogP contribution in [0.5, 0.6) is 0 Å². The summed E-state index contributed by atoms with van der Waals surface area (Å²) in [5, 5.41) is 0. The normalized spacial score (nSPS) is 9.67. The van der Waals surface area contributed by atoms with Crippen LogP contribution in [0.25, 0.3) is 0 Å². The molecule has 1 aromatic carbocycles. The zero-order valence-corrected chi connectivity index (χ0v) is 10.7. The van der Waals surface area contributed by atoms with Gasteiger partial charge in [-0.05, 0) is 31.2 Å². The van der Waals surface area contributed by atoms with Crippen molar-refractivity contribution in [1.29, 1.82) is 0 Å². The number of anilines is 1. The van der Waals surface area contributed by atoms with Crippen LogP contribution >= 0.6 is 0 Å². The van der Waals surface area contributed by atoms with Crippen LogP contribution in [0.15, 0.2) is 36.9 Å². The Labute approximate surface area is 107 Å². The molecule has 1 rings (SSSR count). The third-order valence-electron chi connectivity index (χ3n) is 2.55. The Balaban J connectivity index is 2.51. The second-order valence-electron chi connectivity index (χ2n) is 3.90. The molecule has 0 radical (unpaired) electrons. The molecule has 0 amide bonds. The van der Waals surface area contributed by atoms with Gasteiger partial charge in [0.05, 0.1) is 6.54 Å². The third-order valence-corrected chi connectivity index (χ3v) is 2.55. The highest BCUT2D eigenvalue weighted by molar-refractivity contribution is 5.94. The van der Waals surface area contributed by atoms with E-state index in [0.717, 1.165) is 11.8 Å². The van der Waals surface area contributed by atoms with Gasteiger partial charge < -0.3 is 9.64 Å². The van der Waals surface area contributed by atoms with E-state index in [0.29, 0.717) is 18.7 Å². The first-order valence-electron chi connectivity index (χ1n) is 5.66. The molecule has 0 unspecified atom stereocenters. The molecule has 0 atom stereocenters. The molecule has 0 aliphatic rings. The third kappa shape index (κ3) is 4.05. The van der Waals surface area contributed by atoms with Gasteiger partial charge >= 0.3 is 5.97 Å². The highest BCUT2D eigenvalue weighted by atomic mass is 16.5. The van der Waals surface area contributed by atoms with Crippen LogP contribution in [0, 0.1) is 0 Å². The van der Waals surface area contributed by atoms with Gasteiger partial charge in [0.1, 0.15) is 6.61 Å². The summed E-state index contributed by atoms with van der Waals surface area (Å²) in [4.78, 5) is 23.9. The van der Waals surface area contributed by atoms with Gasteiger partial charge in [0.15, 0.2) is 5.78 Å². The van der Waals surface area contributed by atoms with E-state index in [1.807, 2.05) is 24.1 Å². The van der Waals surface area contributed by atoms with Gasteiger partial charge in [0.2, 0.25) is 0 Å². The molecule has 0 aromatic heterocycles. The van der Waals surface area contributed by atoms with Crippen LogP contribution in [-0.4, -0.2) is 32.0 Å². The summed E-state index contributed by atoms with van der Waals surface area (Å²) in [5.41, 5.74) is 1.65. The molecule has 0 saturated heterocycles. The minimum absolute atomic E-state index is 0.0455.